The lowest BCUT2D eigenvalue weighted by Gasteiger charge is -2.37. The van der Waals surface area contributed by atoms with Crippen LogP contribution in [0.25, 0.3) is 0 Å². The molecule has 1 aliphatic rings. The van der Waals surface area contributed by atoms with Gasteiger partial charge in [0.1, 0.15) is 13.1 Å². The van der Waals surface area contributed by atoms with Crippen LogP contribution < -0.4 is 0 Å². The van der Waals surface area contributed by atoms with Crippen molar-refractivity contribution >= 4 is 18.0 Å². The van der Waals surface area contributed by atoms with Crippen LogP contribution in [0.2, 0.25) is 0 Å². The van der Waals surface area contributed by atoms with E-state index in [0.29, 0.717) is 19.0 Å². The zero-order chi connectivity index (χ0) is 16.0. The summed E-state index contributed by atoms with van der Waals surface area (Å²) in [4.78, 5) is 38.3. The van der Waals surface area contributed by atoms with Gasteiger partial charge in [0.25, 0.3) is 0 Å². The minimum absolute atomic E-state index is 0.487. The summed E-state index contributed by atoms with van der Waals surface area (Å²) in [6, 6.07) is -0.524. The fraction of sp³-hybridized carbons (Fsp3) is 0.769. The fourth-order valence-electron chi connectivity index (χ4n) is 2.36. The Morgan fingerprint density at radius 2 is 1.48 bits per heavy atom. The zero-order valence-corrected chi connectivity index (χ0v) is 12.5. The number of hydrogen-bond donors (Lipinski definition) is 2. The van der Waals surface area contributed by atoms with Crippen LogP contribution in [0.4, 0.5) is 4.79 Å². The van der Waals surface area contributed by atoms with Crippen LogP contribution in [-0.2, 0) is 9.59 Å². The van der Waals surface area contributed by atoms with E-state index in [2.05, 4.69) is 18.7 Å². The summed E-state index contributed by atoms with van der Waals surface area (Å²) in [5, 5.41) is 17.5. The molecule has 1 rings (SSSR count). The number of amides is 2. The fourth-order valence-corrected chi connectivity index (χ4v) is 2.36. The Kier molecular flexibility index (Phi) is 6.41. The molecule has 0 radical (unpaired) electrons. The van der Waals surface area contributed by atoms with Crippen LogP contribution in [-0.4, -0.2) is 88.7 Å². The second-order valence-electron chi connectivity index (χ2n) is 5.61. The molecule has 0 aromatic heterocycles. The minimum Gasteiger partial charge on any atom is -0.480 e. The number of aliphatic carboxylic acids is 2. The van der Waals surface area contributed by atoms with Gasteiger partial charge in [0.2, 0.25) is 0 Å². The van der Waals surface area contributed by atoms with E-state index in [9.17, 15) is 14.4 Å². The summed E-state index contributed by atoms with van der Waals surface area (Å²) < 4.78 is 0. The van der Waals surface area contributed by atoms with Gasteiger partial charge in [0.15, 0.2) is 0 Å². The van der Waals surface area contributed by atoms with Crippen molar-refractivity contribution in [1.29, 1.82) is 0 Å². The highest BCUT2D eigenvalue weighted by Crippen LogP contribution is 2.08. The molecule has 2 amide bonds. The molecule has 0 spiro atoms. The van der Waals surface area contributed by atoms with Crippen molar-refractivity contribution in [2.24, 2.45) is 5.92 Å². The van der Waals surface area contributed by atoms with E-state index in [-0.39, 0.29) is 0 Å². The SMILES string of the molecule is CC(C)CN1CCN(C(=O)N(CC(=O)O)CC(=O)O)CC1. The summed E-state index contributed by atoms with van der Waals surface area (Å²) in [5.41, 5.74) is 0. The first kappa shape index (κ1) is 17.2. The first-order chi connectivity index (χ1) is 9.79. The van der Waals surface area contributed by atoms with E-state index < -0.39 is 31.1 Å². The number of hydrogen-bond acceptors (Lipinski definition) is 4. The second-order valence-corrected chi connectivity index (χ2v) is 5.61. The Hall–Kier alpha value is -1.83. The van der Waals surface area contributed by atoms with Crippen LogP contribution in [0.1, 0.15) is 13.8 Å². The van der Waals surface area contributed by atoms with Crippen molar-refractivity contribution in [2.45, 2.75) is 13.8 Å². The van der Waals surface area contributed by atoms with Gasteiger partial charge in [0.05, 0.1) is 0 Å². The van der Waals surface area contributed by atoms with Crippen molar-refractivity contribution in [1.82, 2.24) is 14.7 Å². The first-order valence-corrected chi connectivity index (χ1v) is 6.99. The molecule has 2 N–H and O–H groups in total. The molecule has 0 aromatic carbocycles. The molecular weight excluding hydrogens is 278 g/mol. The van der Waals surface area contributed by atoms with Crippen LogP contribution in [0.15, 0.2) is 0 Å². The molecule has 8 nitrogen and oxygen atoms in total. The predicted octanol–water partition coefficient (Wildman–Crippen LogP) is -0.149. The molecule has 0 aliphatic carbocycles. The number of nitrogens with zero attached hydrogens (tertiary/aromatic N) is 3. The van der Waals surface area contributed by atoms with Crippen molar-refractivity contribution in [3.63, 3.8) is 0 Å². The van der Waals surface area contributed by atoms with Gasteiger partial charge >= 0.3 is 18.0 Å². The van der Waals surface area contributed by atoms with Gasteiger partial charge in [0, 0.05) is 32.7 Å². The molecule has 0 bridgehead atoms. The molecule has 0 aromatic rings. The maximum absolute atomic E-state index is 12.2. The predicted molar refractivity (Wildman–Crippen MR) is 75.1 cm³/mol. The van der Waals surface area contributed by atoms with Gasteiger partial charge < -0.3 is 20.0 Å². The quantitative estimate of drug-likeness (QED) is 0.707. The number of urea groups is 1. The largest absolute Gasteiger partial charge is 0.480 e. The molecule has 1 heterocycles. The number of carbonyl (C=O) groups is 3. The number of rotatable bonds is 6. The number of carbonyl (C=O) groups excluding carboxylic acids is 1. The lowest BCUT2D eigenvalue weighted by molar-refractivity contribution is -0.140. The topological polar surface area (TPSA) is 101 Å². The molecule has 8 heteroatoms. The Morgan fingerprint density at radius 3 is 1.86 bits per heavy atom. The van der Waals surface area contributed by atoms with Gasteiger partial charge in [-0.15, -0.1) is 0 Å². The molecule has 1 saturated heterocycles. The average molecular weight is 301 g/mol. The smallest absolute Gasteiger partial charge is 0.323 e. The summed E-state index contributed by atoms with van der Waals surface area (Å²) in [6.07, 6.45) is 0. The first-order valence-electron chi connectivity index (χ1n) is 6.99. The van der Waals surface area contributed by atoms with Gasteiger partial charge in [-0.2, -0.15) is 0 Å². The lowest BCUT2D eigenvalue weighted by Crippen LogP contribution is -2.54. The Morgan fingerprint density at radius 1 is 1.00 bits per heavy atom. The maximum Gasteiger partial charge on any atom is 0.323 e. The summed E-state index contributed by atoms with van der Waals surface area (Å²) >= 11 is 0. The molecular formula is C13H23N3O5. The average Bonchev–Trinajstić information content (AvgIpc) is 2.36. The number of carboxylic acid groups (broad SMARTS) is 2. The van der Waals surface area contributed by atoms with E-state index in [4.69, 9.17) is 10.2 Å². The molecule has 1 aliphatic heterocycles. The van der Waals surface area contributed by atoms with E-state index >= 15 is 0 Å². The third-order valence-corrected chi connectivity index (χ3v) is 3.19. The lowest BCUT2D eigenvalue weighted by atomic mass is 10.2. The minimum atomic E-state index is -1.22. The molecule has 120 valence electrons. The van der Waals surface area contributed by atoms with Crippen molar-refractivity contribution in [3.05, 3.63) is 0 Å². The summed E-state index contributed by atoms with van der Waals surface area (Å²) in [5.74, 6) is -1.89. The number of carboxylic acids is 2. The van der Waals surface area contributed by atoms with E-state index in [0.717, 1.165) is 24.5 Å². The molecule has 0 saturated carbocycles. The highest BCUT2D eigenvalue weighted by Gasteiger charge is 2.27. The second kappa shape index (κ2) is 7.82. The van der Waals surface area contributed by atoms with Crippen LogP contribution in [0.3, 0.4) is 0 Å². The zero-order valence-electron chi connectivity index (χ0n) is 12.5. The van der Waals surface area contributed by atoms with Crippen molar-refractivity contribution < 1.29 is 24.6 Å². The van der Waals surface area contributed by atoms with Crippen LogP contribution >= 0.6 is 0 Å². The van der Waals surface area contributed by atoms with E-state index in [1.165, 1.54) is 4.90 Å². The summed E-state index contributed by atoms with van der Waals surface area (Å²) in [7, 11) is 0. The van der Waals surface area contributed by atoms with Gasteiger partial charge in [-0.25, -0.2) is 4.79 Å². The van der Waals surface area contributed by atoms with Gasteiger partial charge in [-0.1, -0.05) is 13.8 Å². The molecule has 21 heavy (non-hydrogen) atoms. The van der Waals surface area contributed by atoms with E-state index in [1.54, 1.807) is 0 Å². The third kappa shape index (κ3) is 5.99. The maximum atomic E-state index is 12.2. The Bertz CT molecular complexity index is 375. The van der Waals surface area contributed by atoms with Crippen molar-refractivity contribution in [3.8, 4) is 0 Å². The molecule has 1 fully saturated rings. The summed E-state index contributed by atoms with van der Waals surface area (Å²) in [6.45, 7) is 6.42. The number of piperazine rings is 1. The highest BCUT2D eigenvalue weighted by atomic mass is 16.4. The monoisotopic (exact) mass is 301 g/mol. The third-order valence-electron chi connectivity index (χ3n) is 3.19. The van der Waals surface area contributed by atoms with Gasteiger partial charge in [-0.3, -0.25) is 14.5 Å². The Labute approximate surface area is 123 Å². The van der Waals surface area contributed by atoms with Crippen LogP contribution in [0.5, 0.6) is 0 Å². The van der Waals surface area contributed by atoms with Crippen LogP contribution in [0, 0.1) is 5.92 Å². The molecule has 0 unspecified atom stereocenters. The van der Waals surface area contributed by atoms with Crippen molar-refractivity contribution in [2.75, 3.05) is 45.8 Å². The van der Waals surface area contributed by atoms with Gasteiger partial charge in [-0.05, 0) is 5.92 Å². The van der Waals surface area contributed by atoms with E-state index in [1.807, 2.05) is 0 Å². The normalized spacial score (nSPS) is 16.0. The Balaban J connectivity index is 2.56. The highest BCUT2D eigenvalue weighted by molar-refractivity contribution is 5.84. The standard InChI is InChI=1S/C13H23N3O5/c1-10(2)7-14-3-5-15(6-4-14)13(21)16(8-11(17)18)9-12(19)20/h10H,3-9H2,1-2H3,(H,17,18)(H,19,20). The molecule has 0 atom stereocenters.